The SMILES string of the molecule is CN(CCC1CCOC1=O)C[C@@H]1C[C@H](F)CN1Cc1cnn(C)c1. The smallest absolute Gasteiger partial charge is 0.309 e. The number of hydrogen-bond acceptors (Lipinski definition) is 5. The molecule has 2 aliphatic rings. The lowest BCUT2D eigenvalue weighted by Gasteiger charge is -2.28. The van der Waals surface area contributed by atoms with E-state index in [4.69, 9.17) is 4.74 Å². The van der Waals surface area contributed by atoms with E-state index < -0.39 is 6.17 Å². The number of cyclic esters (lactones) is 1. The zero-order valence-corrected chi connectivity index (χ0v) is 14.5. The first-order valence-corrected chi connectivity index (χ1v) is 8.72. The van der Waals surface area contributed by atoms with Crippen LogP contribution in [0.1, 0.15) is 24.8 Å². The second-order valence-corrected chi connectivity index (χ2v) is 7.14. The summed E-state index contributed by atoms with van der Waals surface area (Å²) in [6, 6.07) is 0.209. The van der Waals surface area contributed by atoms with Crippen molar-refractivity contribution < 1.29 is 13.9 Å². The van der Waals surface area contributed by atoms with Gasteiger partial charge in [0.05, 0.1) is 18.7 Å². The molecular weight excluding hydrogens is 311 g/mol. The quantitative estimate of drug-likeness (QED) is 0.700. The average Bonchev–Trinajstić information content (AvgIpc) is 3.20. The van der Waals surface area contributed by atoms with Gasteiger partial charge in [-0.05, 0) is 32.9 Å². The van der Waals surface area contributed by atoms with Gasteiger partial charge in [0.15, 0.2) is 0 Å². The van der Waals surface area contributed by atoms with Gasteiger partial charge in [-0.25, -0.2) is 4.39 Å². The van der Waals surface area contributed by atoms with Crippen molar-refractivity contribution in [1.82, 2.24) is 19.6 Å². The van der Waals surface area contributed by atoms with Crippen LogP contribution in [0.3, 0.4) is 0 Å². The third-order valence-electron chi connectivity index (χ3n) is 5.05. The van der Waals surface area contributed by atoms with Gasteiger partial charge in [0.1, 0.15) is 6.17 Å². The first-order valence-electron chi connectivity index (χ1n) is 8.72. The number of ether oxygens (including phenoxy) is 1. The third-order valence-corrected chi connectivity index (χ3v) is 5.05. The maximum Gasteiger partial charge on any atom is 0.309 e. The summed E-state index contributed by atoms with van der Waals surface area (Å²) in [7, 11) is 3.94. The molecular formula is C17H27FN4O2. The summed E-state index contributed by atoms with van der Waals surface area (Å²) in [6.07, 6.45) is 5.30. The largest absolute Gasteiger partial charge is 0.465 e. The molecule has 2 fully saturated rings. The van der Waals surface area contributed by atoms with E-state index in [9.17, 15) is 9.18 Å². The molecule has 2 aliphatic heterocycles. The van der Waals surface area contributed by atoms with Crippen LogP contribution in [0.5, 0.6) is 0 Å². The van der Waals surface area contributed by atoms with E-state index in [0.717, 1.165) is 38.0 Å². The summed E-state index contributed by atoms with van der Waals surface area (Å²) in [6.45, 7) is 3.44. The maximum atomic E-state index is 13.9. The number of hydrogen-bond donors (Lipinski definition) is 0. The molecule has 0 aliphatic carbocycles. The van der Waals surface area contributed by atoms with Crippen molar-refractivity contribution in [2.24, 2.45) is 13.0 Å². The topological polar surface area (TPSA) is 50.6 Å². The summed E-state index contributed by atoms with van der Waals surface area (Å²) in [5.74, 6) is -0.0252. The third kappa shape index (κ3) is 4.33. The Morgan fingerprint density at radius 3 is 3.00 bits per heavy atom. The monoisotopic (exact) mass is 338 g/mol. The summed E-state index contributed by atoms with van der Waals surface area (Å²) in [4.78, 5) is 15.9. The fourth-order valence-corrected chi connectivity index (χ4v) is 3.72. The van der Waals surface area contributed by atoms with E-state index in [1.54, 1.807) is 4.68 Å². The van der Waals surface area contributed by atoms with Crippen molar-refractivity contribution in [2.45, 2.75) is 38.0 Å². The maximum absolute atomic E-state index is 13.9. The second kappa shape index (κ2) is 7.61. The highest BCUT2D eigenvalue weighted by Gasteiger charge is 2.33. The van der Waals surface area contributed by atoms with E-state index >= 15 is 0 Å². The second-order valence-electron chi connectivity index (χ2n) is 7.14. The van der Waals surface area contributed by atoms with Crippen molar-refractivity contribution in [3.8, 4) is 0 Å². The van der Waals surface area contributed by atoms with Gasteiger partial charge in [0.2, 0.25) is 0 Å². The molecule has 7 heteroatoms. The predicted octanol–water partition coefficient (Wildman–Crippen LogP) is 1.22. The van der Waals surface area contributed by atoms with Crippen LogP contribution in [-0.2, 0) is 23.1 Å². The van der Waals surface area contributed by atoms with Gasteiger partial charge in [-0.15, -0.1) is 0 Å². The number of carbonyl (C=O) groups is 1. The van der Waals surface area contributed by atoms with Crippen LogP contribution in [0, 0.1) is 5.92 Å². The molecule has 1 aromatic rings. The van der Waals surface area contributed by atoms with Crippen LogP contribution < -0.4 is 0 Å². The number of alkyl halides is 1. The van der Waals surface area contributed by atoms with Crippen LogP contribution in [0.25, 0.3) is 0 Å². The molecule has 0 amide bonds. The summed E-state index contributed by atoms with van der Waals surface area (Å²) >= 11 is 0. The van der Waals surface area contributed by atoms with Crippen molar-refractivity contribution in [3.63, 3.8) is 0 Å². The molecule has 0 radical (unpaired) electrons. The Balaban J connectivity index is 1.49. The molecule has 0 aromatic carbocycles. The van der Waals surface area contributed by atoms with Crippen LogP contribution in [0.15, 0.2) is 12.4 Å². The Hall–Kier alpha value is -1.47. The summed E-state index contributed by atoms with van der Waals surface area (Å²) in [5.41, 5.74) is 1.12. The van der Waals surface area contributed by atoms with Gasteiger partial charge < -0.3 is 9.64 Å². The fourth-order valence-electron chi connectivity index (χ4n) is 3.72. The van der Waals surface area contributed by atoms with Gasteiger partial charge in [-0.1, -0.05) is 0 Å². The van der Waals surface area contributed by atoms with Crippen molar-refractivity contribution >= 4 is 5.97 Å². The molecule has 0 spiro atoms. The Morgan fingerprint density at radius 2 is 2.33 bits per heavy atom. The Morgan fingerprint density at radius 1 is 1.50 bits per heavy atom. The number of halogens is 1. The Labute approximate surface area is 142 Å². The highest BCUT2D eigenvalue weighted by molar-refractivity contribution is 5.74. The van der Waals surface area contributed by atoms with Gasteiger partial charge >= 0.3 is 5.97 Å². The Kier molecular flexibility index (Phi) is 5.50. The standard InChI is InChI=1S/C17H27FN4O2/c1-20(5-3-14-4-6-24-17(14)23)12-16-7-15(18)11-22(16)10-13-8-19-21(2)9-13/h8-9,14-16H,3-7,10-12H2,1-2H3/t14?,15-,16-/m0/s1. The minimum absolute atomic E-state index is 0.0384. The minimum Gasteiger partial charge on any atom is -0.465 e. The molecule has 3 heterocycles. The molecule has 2 saturated heterocycles. The molecule has 0 saturated carbocycles. The summed E-state index contributed by atoms with van der Waals surface area (Å²) in [5, 5.41) is 4.19. The van der Waals surface area contributed by atoms with Crippen molar-refractivity contribution in [1.29, 1.82) is 0 Å². The number of esters is 1. The minimum atomic E-state index is -0.759. The fraction of sp³-hybridized carbons (Fsp3) is 0.765. The van der Waals surface area contributed by atoms with Crippen molar-refractivity contribution in [3.05, 3.63) is 18.0 Å². The zero-order chi connectivity index (χ0) is 17.1. The van der Waals surface area contributed by atoms with Gasteiger partial charge in [0, 0.05) is 44.5 Å². The molecule has 134 valence electrons. The van der Waals surface area contributed by atoms with E-state index in [2.05, 4.69) is 14.9 Å². The van der Waals surface area contributed by atoms with Crippen LogP contribution in [-0.4, -0.2) is 71.1 Å². The molecule has 1 unspecified atom stereocenters. The number of aromatic nitrogens is 2. The van der Waals surface area contributed by atoms with Gasteiger partial charge in [0.25, 0.3) is 0 Å². The van der Waals surface area contributed by atoms with Crippen molar-refractivity contribution in [2.75, 3.05) is 33.3 Å². The number of carbonyl (C=O) groups excluding carboxylic acids is 1. The molecule has 3 rings (SSSR count). The molecule has 6 nitrogen and oxygen atoms in total. The van der Waals surface area contributed by atoms with Gasteiger partial charge in [-0.3, -0.25) is 14.4 Å². The molecule has 24 heavy (non-hydrogen) atoms. The lowest BCUT2D eigenvalue weighted by Crippen LogP contribution is -2.39. The van der Waals surface area contributed by atoms with Crippen LogP contribution in [0.4, 0.5) is 4.39 Å². The number of rotatable bonds is 7. The average molecular weight is 338 g/mol. The van der Waals surface area contributed by atoms with E-state index in [0.29, 0.717) is 19.6 Å². The lowest BCUT2D eigenvalue weighted by molar-refractivity contribution is -0.141. The normalized spacial score (nSPS) is 28.0. The van der Waals surface area contributed by atoms with Crippen LogP contribution >= 0.6 is 0 Å². The number of likely N-dealkylation sites (tertiary alicyclic amines) is 1. The first-order chi connectivity index (χ1) is 11.5. The Bertz CT molecular complexity index is 565. The zero-order valence-electron chi connectivity index (χ0n) is 14.5. The molecule has 0 bridgehead atoms. The molecule has 1 aromatic heterocycles. The first kappa shape index (κ1) is 17.4. The van der Waals surface area contributed by atoms with E-state index in [-0.39, 0.29) is 17.9 Å². The lowest BCUT2D eigenvalue weighted by atomic mass is 10.0. The molecule has 0 N–H and O–H groups in total. The number of likely N-dealkylation sites (N-methyl/N-ethyl adjacent to an activating group) is 1. The number of nitrogens with zero attached hydrogens (tertiary/aromatic N) is 4. The van der Waals surface area contributed by atoms with Crippen LogP contribution in [0.2, 0.25) is 0 Å². The van der Waals surface area contributed by atoms with Gasteiger partial charge in [-0.2, -0.15) is 5.10 Å². The van der Waals surface area contributed by atoms with E-state index in [1.807, 2.05) is 26.5 Å². The predicted molar refractivity (Wildman–Crippen MR) is 88.1 cm³/mol. The summed E-state index contributed by atoms with van der Waals surface area (Å²) < 4.78 is 20.7. The van der Waals surface area contributed by atoms with E-state index in [1.165, 1.54) is 0 Å². The molecule has 3 atom stereocenters. The highest BCUT2D eigenvalue weighted by Crippen LogP contribution is 2.24. The highest BCUT2D eigenvalue weighted by atomic mass is 19.1. The number of aryl methyl sites for hydroxylation is 1.